The molecule has 0 amide bonds. The molecule has 3 heteroatoms. The van der Waals surface area contributed by atoms with Gasteiger partial charge in [0.1, 0.15) is 0 Å². The van der Waals surface area contributed by atoms with Crippen molar-refractivity contribution in [3.05, 3.63) is 25.3 Å². The molecule has 0 radical (unpaired) electrons. The summed E-state index contributed by atoms with van der Waals surface area (Å²) in [5.41, 5.74) is 0.00424. The SMILES string of the molecule is C=CCN(CC=C)CC1(CO)CCOCC1. The average Bonchev–Trinajstić information content (AvgIpc) is 2.31. The minimum Gasteiger partial charge on any atom is -0.396 e. The first-order chi connectivity index (χ1) is 7.76. The molecule has 1 aliphatic heterocycles. The van der Waals surface area contributed by atoms with Crippen molar-refractivity contribution in [2.45, 2.75) is 12.8 Å². The molecule has 0 aromatic heterocycles. The van der Waals surface area contributed by atoms with E-state index in [2.05, 4.69) is 18.1 Å². The van der Waals surface area contributed by atoms with Crippen LogP contribution in [0.3, 0.4) is 0 Å². The molecule has 1 heterocycles. The van der Waals surface area contributed by atoms with Crippen molar-refractivity contribution in [2.24, 2.45) is 5.41 Å². The van der Waals surface area contributed by atoms with Crippen LogP contribution in [0, 0.1) is 5.41 Å². The molecule has 1 fully saturated rings. The predicted octanol–water partition coefficient (Wildman–Crippen LogP) is 1.45. The number of aliphatic hydroxyl groups is 1. The molecule has 0 aromatic rings. The van der Waals surface area contributed by atoms with Gasteiger partial charge < -0.3 is 9.84 Å². The summed E-state index contributed by atoms with van der Waals surface area (Å²) in [4.78, 5) is 2.27. The second kappa shape index (κ2) is 6.84. The number of ether oxygens (including phenoxy) is 1. The van der Waals surface area contributed by atoms with Crippen molar-refractivity contribution in [3.8, 4) is 0 Å². The first-order valence-electron chi connectivity index (χ1n) is 5.89. The summed E-state index contributed by atoms with van der Waals surface area (Å²) in [5.74, 6) is 0. The Labute approximate surface area is 98.4 Å². The number of hydrogen-bond acceptors (Lipinski definition) is 3. The van der Waals surface area contributed by atoms with Crippen LogP contribution >= 0.6 is 0 Å². The molecule has 16 heavy (non-hydrogen) atoms. The number of hydrogen-bond donors (Lipinski definition) is 1. The lowest BCUT2D eigenvalue weighted by atomic mass is 9.80. The van der Waals surface area contributed by atoms with Gasteiger partial charge in [-0.2, -0.15) is 0 Å². The number of aliphatic hydroxyl groups excluding tert-OH is 1. The lowest BCUT2D eigenvalue weighted by Gasteiger charge is -2.39. The second-order valence-electron chi connectivity index (χ2n) is 4.54. The van der Waals surface area contributed by atoms with Crippen molar-refractivity contribution in [2.75, 3.05) is 39.5 Å². The lowest BCUT2D eigenvalue weighted by Crippen LogP contribution is -2.44. The van der Waals surface area contributed by atoms with E-state index in [1.807, 2.05) is 12.2 Å². The maximum absolute atomic E-state index is 9.59. The maximum atomic E-state index is 9.59. The molecule has 0 saturated carbocycles. The summed E-state index contributed by atoms with van der Waals surface area (Å²) in [6.45, 7) is 11.9. The van der Waals surface area contributed by atoms with E-state index in [0.29, 0.717) is 0 Å². The third-order valence-electron chi connectivity index (χ3n) is 3.22. The Morgan fingerprint density at radius 3 is 2.19 bits per heavy atom. The molecule has 1 aliphatic rings. The Bertz CT molecular complexity index is 212. The van der Waals surface area contributed by atoms with Crippen LogP contribution in [-0.2, 0) is 4.74 Å². The Morgan fingerprint density at radius 1 is 1.19 bits per heavy atom. The molecular weight excluding hydrogens is 202 g/mol. The van der Waals surface area contributed by atoms with Gasteiger partial charge in [-0.3, -0.25) is 4.90 Å². The highest BCUT2D eigenvalue weighted by Crippen LogP contribution is 2.30. The van der Waals surface area contributed by atoms with E-state index >= 15 is 0 Å². The summed E-state index contributed by atoms with van der Waals surface area (Å²) < 4.78 is 5.36. The zero-order chi connectivity index (χ0) is 11.9. The molecule has 1 saturated heterocycles. The van der Waals surface area contributed by atoms with Crippen molar-refractivity contribution < 1.29 is 9.84 Å². The third kappa shape index (κ3) is 3.74. The molecule has 0 aliphatic carbocycles. The monoisotopic (exact) mass is 225 g/mol. The molecule has 3 nitrogen and oxygen atoms in total. The Hall–Kier alpha value is -0.640. The first-order valence-corrected chi connectivity index (χ1v) is 5.89. The summed E-state index contributed by atoms with van der Waals surface area (Å²) in [5, 5.41) is 9.59. The van der Waals surface area contributed by atoms with Crippen LogP contribution in [0.4, 0.5) is 0 Å². The zero-order valence-corrected chi connectivity index (χ0v) is 10.0. The minimum absolute atomic E-state index is 0.00424. The van der Waals surface area contributed by atoms with E-state index in [1.54, 1.807) is 0 Å². The van der Waals surface area contributed by atoms with Crippen LogP contribution in [0.1, 0.15) is 12.8 Å². The molecule has 0 spiro atoms. The Kier molecular flexibility index (Phi) is 5.74. The largest absolute Gasteiger partial charge is 0.396 e. The van der Waals surface area contributed by atoms with Gasteiger partial charge in [-0.05, 0) is 12.8 Å². The fourth-order valence-corrected chi connectivity index (χ4v) is 2.21. The fourth-order valence-electron chi connectivity index (χ4n) is 2.21. The highest BCUT2D eigenvalue weighted by atomic mass is 16.5. The van der Waals surface area contributed by atoms with Gasteiger partial charge in [-0.15, -0.1) is 13.2 Å². The van der Waals surface area contributed by atoms with Crippen molar-refractivity contribution in [1.29, 1.82) is 0 Å². The van der Waals surface area contributed by atoms with Crippen LogP contribution in [-0.4, -0.2) is 49.5 Å². The van der Waals surface area contributed by atoms with Gasteiger partial charge in [-0.1, -0.05) is 12.2 Å². The maximum Gasteiger partial charge on any atom is 0.0501 e. The van der Waals surface area contributed by atoms with E-state index in [9.17, 15) is 5.11 Å². The van der Waals surface area contributed by atoms with Crippen molar-refractivity contribution >= 4 is 0 Å². The van der Waals surface area contributed by atoms with Crippen LogP contribution in [0.15, 0.2) is 25.3 Å². The second-order valence-corrected chi connectivity index (χ2v) is 4.54. The normalized spacial score (nSPS) is 19.6. The standard InChI is InChI=1S/C13H23NO2/c1-3-7-14(8-4-2)11-13(12-15)5-9-16-10-6-13/h3-4,15H,1-2,5-12H2. The highest BCUT2D eigenvalue weighted by Gasteiger charge is 2.33. The molecule has 0 unspecified atom stereocenters. The third-order valence-corrected chi connectivity index (χ3v) is 3.22. The van der Waals surface area contributed by atoms with Crippen LogP contribution in [0.5, 0.6) is 0 Å². The van der Waals surface area contributed by atoms with Crippen molar-refractivity contribution in [1.82, 2.24) is 4.90 Å². The molecule has 0 atom stereocenters. The zero-order valence-electron chi connectivity index (χ0n) is 10.0. The van der Waals surface area contributed by atoms with E-state index in [-0.39, 0.29) is 12.0 Å². The summed E-state index contributed by atoms with van der Waals surface area (Å²) in [6, 6.07) is 0. The van der Waals surface area contributed by atoms with E-state index in [0.717, 1.165) is 45.7 Å². The van der Waals surface area contributed by atoms with Gasteiger partial charge in [0.15, 0.2) is 0 Å². The molecular formula is C13H23NO2. The number of nitrogens with zero attached hydrogens (tertiary/aromatic N) is 1. The average molecular weight is 225 g/mol. The van der Waals surface area contributed by atoms with Crippen LogP contribution in [0.25, 0.3) is 0 Å². The summed E-state index contributed by atoms with van der Waals surface area (Å²) >= 11 is 0. The van der Waals surface area contributed by atoms with E-state index < -0.39 is 0 Å². The lowest BCUT2D eigenvalue weighted by molar-refractivity contribution is -0.0313. The summed E-state index contributed by atoms with van der Waals surface area (Å²) in [7, 11) is 0. The minimum atomic E-state index is 0.00424. The molecule has 1 N–H and O–H groups in total. The van der Waals surface area contributed by atoms with E-state index in [4.69, 9.17) is 4.74 Å². The van der Waals surface area contributed by atoms with Crippen LogP contribution < -0.4 is 0 Å². The smallest absolute Gasteiger partial charge is 0.0501 e. The Morgan fingerprint density at radius 2 is 1.75 bits per heavy atom. The Balaban J connectivity index is 2.56. The van der Waals surface area contributed by atoms with Gasteiger partial charge in [0, 0.05) is 38.3 Å². The molecule has 0 aromatic carbocycles. The van der Waals surface area contributed by atoms with Gasteiger partial charge in [0.25, 0.3) is 0 Å². The first kappa shape index (κ1) is 13.4. The topological polar surface area (TPSA) is 32.7 Å². The van der Waals surface area contributed by atoms with Gasteiger partial charge in [0.2, 0.25) is 0 Å². The number of rotatable bonds is 7. The van der Waals surface area contributed by atoms with Gasteiger partial charge in [0.05, 0.1) is 6.61 Å². The molecule has 0 bridgehead atoms. The summed E-state index contributed by atoms with van der Waals surface area (Å²) in [6.07, 6.45) is 5.67. The van der Waals surface area contributed by atoms with Gasteiger partial charge in [-0.25, -0.2) is 0 Å². The fraction of sp³-hybridized carbons (Fsp3) is 0.692. The van der Waals surface area contributed by atoms with Crippen molar-refractivity contribution in [3.63, 3.8) is 0 Å². The van der Waals surface area contributed by atoms with E-state index in [1.165, 1.54) is 0 Å². The highest BCUT2D eigenvalue weighted by molar-refractivity contribution is 4.88. The molecule has 1 rings (SSSR count). The van der Waals surface area contributed by atoms with Gasteiger partial charge >= 0.3 is 0 Å². The van der Waals surface area contributed by atoms with Crippen LogP contribution in [0.2, 0.25) is 0 Å². The predicted molar refractivity (Wildman–Crippen MR) is 66.4 cm³/mol. The quantitative estimate of drug-likeness (QED) is 0.666. The molecule has 92 valence electrons.